The van der Waals surface area contributed by atoms with Crippen molar-refractivity contribution in [2.24, 2.45) is 0 Å². The van der Waals surface area contributed by atoms with Gasteiger partial charge in [-0.2, -0.15) is 0 Å². The van der Waals surface area contributed by atoms with Crippen molar-refractivity contribution >= 4 is 27.8 Å². The first-order valence-corrected chi connectivity index (χ1v) is 10.4. The molecule has 1 aromatic carbocycles. The van der Waals surface area contributed by atoms with Crippen molar-refractivity contribution in [1.82, 2.24) is 14.5 Å². The molecule has 0 unspecified atom stereocenters. The number of carbonyl (C=O) groups is 2. The summed E-state index contributed by atoms with van der Waals surface area (Å²) in [5.74, 6) is -3.11. The van der Waals surface area contributed by atoms with E-state index < -0.39 is 41.1 Å². The lowest BCUT2D eigenvalue weighted by Gasteiger charge is -2.25. The predicted molar refractivity (Wildman–Crippen MR) is 112 cm³/mol. The Morgan fingerprint density at radius 3 is 2.43 bits per heavy atom. The van der Waals surface area contributed by atoms with E-state index in [9.17, 15) is 24.3 Å². The van der Waals surface area contributed by atoms with Crippen LogP contribution in [0.3, 0.4) is 0 Å². The quantitative estimate of drug-likeness (QED) is 0.579. The highest BCUT2D eigenvalue weighted by Crippen LogP contribution is 2.27. The Hall–Kier alpha value is -2.88. The molecule has 30 heavy (non-hydrogen) atoms. The van der Waals surface area contributed by atoms with Gasteiger partial charge in [-0.05, 0) is 24.5 Å². The zero-order valence-electron chi connectivity index (χ0n) is 16.1. The van der Waals surface area contributed by atoms with Crippen molar-refractivity contribution in [1.29, 1.82) is 0 Å². The van der Waals surface area contributed by atoms with E-state index in [4.69, 9.17) is 5.11 Å². The van der Waals surface area contributed by atoms with Crippen LogP contribution >= 0.6 is 15.9 Å². The summed E-state index contributed by atoms with van der Waals surface area (Å²) in [6, 6.07) is 6.70. The van der Waals surface area contributed by atoms with Crippen LogP contribution in [-0.2, 0) is 11.3 Å². The average molecular weight is 480 g/mol. The second-order valence-corrected chi connectivity index (χ2v) is 8.06. The van der Waals surface area contributed by atoms with E-state index in [2.05, 4.69) is 21.2 Å². The van der Waals surface area contributed by atoms with Gasteiger partial charge in [0.2, 0.25) is 5.88 Å². The number of rotatable bonds is 6. The van der Waals surface area contributed by atoms with Crippen molar-refractivity contribution in [3.8, 4) is 5.88 Å². The van der Waals surface area contributed by atoms with Gasteiger partial charge in [0.25, 0.3) is 11.5 Å². The number of aromatic hydroxyl groups is 1. The van der Waals surface area contributed by atoms with E-state index in [-0.39, 0.29) is 12.6 Å². The number of benzene rings is 1. The van der Waals surface area contributed by atoms with E-state index in [1.165, 1.54) is 0 Å². The second-order valence-electron chi connectivity index (χ2n) is 7.20. The molecule has 1 amide bonds. The topological polar surface area (TPSA) is 131 Å². The standard InChI is InChI=1S/C20H22BrN3O6/c21-14-9-5-4-6-12(14)11-23-18(28)16(17(27)22-10-15(25)26)19(29)24(20(23)30)13-7-2-1-3-8-13/h4-6,9,13,28H,1-3,7-8,10-11H2,(H,22,27)(H,25,26). The monoisotopic (exact) mass is 479 g/mol. The highest BCUT2D eigenvalue weighted by atomic mass is 79.9. The fourth-order valence-electron chi connectivity index (χ4n) is 3.70. The van der Waals surface area contributed by atoms with Crippen LogP contribution in [0.15, 0.2) is 38.3 Å². The van der Waals surface area contributed by atoms with Crippen LogP contribution in [0, 0.1) is 0 Å². The van der Waals surface area contributed by atoms with Gasteiger partial charge in [0.1, 0.15) is 6.54 Å². The summed E-state index contributed by atoms with van der Waals surface area (Å²) in [5, 5.41) is 21.6. The first-order chi connectivity index (χ1) is 14.3. The van der Waals surface area contributed by atoms with Gasteiger partial charge in [0.15, 0.2) is 5.56 Å². The number of hydrogen-bond donors (Lipinski definition) is 3. The molecule has 0 spiro atoms. The second kappa shape index (κ2) is 9.29. The summed E-state index contributed by atoms with van der Waals surface area (Å²) in [5.41, 5.74) is -1.57. The Balaban J connectivity index is 2.17. The predicted octanol–water partition coefficient (Wildman–Crippen LogP) is 1.85. The summed E-state index contributed by atoms with van der Waals surface area (Å²) >= 11 is 3.39. The number of aliphatic carboxylic acids is 1. The summed E-state index contributed by atoms with van der Waals surface area (Å²) in [6.45, 7) is -0.789. The Labute approximate surface area is 180 Å². The maximum Gasteiger partial charge on any atom is 0.334 e. The van der Waals surface area contributed by atoms with E-state index in [0.29, 0.717) is 22.9 Å². The number of carboxylic acids is 1. The minimum Gasteiger partial charge on any atom is -0.494 e. The number of nitrogens with zero attached hydrogens (tertiary/aromatic N) is 2. The molecule has 160 valence electrons. The highest BCUT2D eigenvalue weighted by Gasteiger charge is 2.28. The van der Waals surface area contributed by atoms with Gasteiger partial charge in [0.05, 0.1) is 6.54 Å². The van der Waals surface area contributed by atoms with Crippen molar-refractivity contribution in [2.45, 2.75) is 44.7 Å². The molecule has 1 aliphatic rings. The maximum absolute atomic E-state index is 13.2. The zero-order valence-corrected chi connectivity index (χ0v) is 17.7. The van der Waals surface area contributed by atoms with Crippen molar-refractivity contribution < 1.29 is 19.8 Å². The molecule has 1 fully saturated rings. The van der Waals surface area contributed by atoms with Crippen molar-refractivity contribution in [3.63, 3.8) is 0 Å². The maximum atomic E-state index is 13.2. The lowest BCUT2D eigenvalue weighted by Crippen LogP contribution is -2.47. The lowest BCUT2D eigenvalue weighted by atomic mass is 9.95. The molecular weight excluding hydrogens is 458 g/mol. The van der Waals surface area contributed by atoms with Crippen LogP contribution in [0.25, 0.3) is 0 Å². The molecule has 1 heterocycles. The van der Waals surface area contributed by atoms with Crippen LogP contribution in [-0.4, -0.2) is 37.8 Å². The fraction of sp³-hybridized carbons (Fsp3) is 0.400. The summed E-state index contributed by atoms with van der Waals surface area (Å²) in [4.78, 5) is 49.6. The smallest absolute Gasteiger partial charge is 0.334 e. The molecule has 0 aliphatic heterocycles. The summed E-state index contributed by atoms with van der Waals surface area (Å²) in [7, 11) is 0. The molecule has 2 aromatic rings. The average Bonchev–Trinajstić information content (AvgIpc) is 2.71. The third-order valence-corrected chi connectivity index (χ3v) is 5.98. The summed E-state index contributed by atoms with van der Waals surface area (Å²) in [6.07, 6.45) is 3.93. The number of carboxylic acid groups (broad SMARTS) is 1. The largest absolute Gasteiger partial charge is 0.494 e. The third kappa shape index (κ3) is 4.48. The first-order valence-electron chi connectivity index (χ1n) is 9.63. The first kappa shape index (κ1) is 21.8. The molecule has 0 saturated heterocycles. The van der Waals surface area contributed by atoms with Gasteiger partial charge in [-0.3, -0.25) is 23.5 Å². The molecule has 1 saturated carbocycles. The molecule has 1 aliphatic carbocycles. The zero-order chi connectivity index (χ0) is 21.8. The number of aromatic nitrogens is 2. The molecule has 0 radical (unpaired) electrons. The molecule has 3 rings (SSSR count). The Morgan fingerprint density at radius 2 is 1.80 bits per heavy atom. The number of nitrogens with one attached hydrogen (secondary N) is 1. The molecule has 1 aromatic heterocycles. The van der Waals surface area contributed by atoms with Gasteiger partial charge in [-0.15, -0.1) is 0 Å². The van der Waals surface area contributed by atoms with Crippen LogP contribution in [0.4, 0.5) is 0 Å². The van der Waals surface area contributed by atoms with Crippen molar-refractivity contribution in [3.05, 3.63) is 60.7 Å². The Bertz CT molecular complexity index is 1080. The van der Waals surface area contributed by atoms with E-state index in [0.717, 1.165) is 28.4 Å². The SMILES string of the molecule is O=C(O)CNC(=O)c1c(O)n(Cc2ccccc2Br)c(=O)n(C2CCCCC2)c1=O. The Kier molecular flexibility index (Phi) is 6.76. The number of halogens is 1. The van der Waals surface area contributed by atoms with Gasteiger partial charge in [-0.25, -0.2) is 4.79 Å². The lowest BCUT2D eigenvalue weighted by molar-refractivity contribution is -0.135. The Morgan fingerprint density at radius 1 is 1.13 bits per heavy atom. The molecule has 0 bridgehead atoms. The van der Waals surface area contributed by atoms with Gasteiger partial charge in [0, 0.05) is 10.5 Å². The number of carbonyl (C=O) groups excluding carboxylic acids is 1. The van der Waals surface area contributed by atoms with Crippen LogP contribution in [0.1, 0.15) is 54.1 Å². The molecule has 3 N–H and O–H groups in total. The number of hydrogen-bond acceptors (Lipinski definition) is 5. The van der Waals surface area contributed by atoms with Gasteiger partial charge >= 0.3 is 11.7 Å². The van der Waals surface area contributed by atoms with E-state index in [1.807, 2.05) is 0 Å². The van der Waals surface area contributed by atoms with Gasteiger partial charge < -0.3 is 15.5 Å². The normalized spacial score (nSPS) is 14.4. The fourth-order valence-corrected chi connectivity index (χ4v) is 4.11. The van der Waals surface area contributed by atoms with E-state index >= 15 is 0 Å². The van der Waals surface area contributed by atoms with Crippen LogP contribution < -0.4 is 16.6 Å². The summed E-state index contributed by atoms with van der Waals surface area (Å²) < 4.78 is 2.71. The minimum atomic E-state index is -1.29. The highest BCUT2D eigenvalue weighted by molar-refractivity contribution is 9.10. The third-order valence-electron chi connectivity index (χ3n) is 5.20. The van der Waals surface area contributed by atoms with E-state index in [1.54, 1.807) is 24.3 Å². The van der Waals surface area contributed by atoms with Gasteiger partial charge in [-0.1, -0.05) is 53.4 Å². The van der Waals surface area contributed by atoms with Crippen LogP contribution in [0.5, 0.6) is 5.88 Å². The molecule has 0 atom stereocenters. The van der Waals surface area contributed by atoms with Crippen LogP contribution in [0.2, 0.25) is 0 Å². The molecule has 9 nitrogen and oxygen atoms in total. The number of amides is 1. The molecular formula is C20H22BrN3O6. The van der Waals surface area contributed by atoms with Crippen molar-refractivity contribution in [2.75, 3.05) is 6.54 Å². The minimum absolute atomic E-state index is 0.0711. The molecule has 10 heteroatoms.